The van der Waals surface area contributed by atoms with Gasteiger partial charge >= 0.3 is 0 Å². The van der Waals surface area contributed by atoms with Gasteiger partial charge in [0.1, 0.15) is 0 Å². The molecule has 2 aromatic rings. The van der Waals surface area contributed by atoms with Gasteiger partial charge in [-0.05, 0) is 25.1 Å². The van der Waals surface area contributed by atoms with Crippen LogP contribution in [0.5, 0.6) is 0 Å². The number of hydrogen-bond donors (Lipinski definition) is 2. The van der Waals surface area contributed by atoms with Crippen LogP contribution in [0.4, 0.5) is 0 Å². The second kappa shape index (κ2) is 6.69. The third-order valence-electron chi connectivity index (χ3n) is 2.91. The Labute approximate surface area is 123 Å². The van der Waals surface area contributed by atoms with Crippen LogP contribution in [0, 0.1) is 6.92 Å². The van der Waals surface area contributed by atoms with Gasteiger partial charge in [-0.2, -0.15) is 5.10 Å². The lowest BCUT2D eigenvalue weighted by molar-refractivity contribution is -0.118. The number of carbonyl (C=O) groups excluding carboxylic acids is 2. The van der Waals surface area contributed by atoms with Crippen LogP contribution in [-0.4, -0.2) is 34.7 Å². The number of benzene rings is 1. The SMILES string of the molecule is CC(=O)NCCNC(=O)c1cc(C)n(-c2ccccc2)n1. The van der Waals surface area contributed by atoms with Crippen molar-refractivity contribution in [3.05, 3.63) is 47.8 Å². The van der Waals surface area contributed by atoms with E-state index in [1.165, 1.54) is 6.92 Å². The summed E-state index contributed by atoms with van der Waals surface area (Å²) in [5.74, 6) is -0.369. The fourth-order valence-corrected chi connectivity index (χ4v) is 1.92. The van der Waals surface area contributed by atoms with Crippen LogP contribution in [0.2, 0.25) is 0 Å². The van der Waals surface area contributed by atoms with Gasteiger partial charge in [-0.25, -0.2) is 4.68 Å². The number of aromatic nitrogens is 2. The van der Waals surface area contributed by atoms with Gasteiger partial charge in [-0.3, -0.25) is 9.59 Å². The molecule has 0 spiro atoms. The van der Waals surface area contributed by atoms with E-state index >= 15 is 0 Å². The molecule has 0 fully saturated rings. The lowest BCUT2D eigenvalue weighted by atomic mass is 10.3. The van der Waals surface area contributed by atoms with Gasteiger partial charge in [-0.1, -0.05) is 18.2 Å². The molecule has 110 valence electrons. The van der Waals surface area contributed by atoms with Crippen LogP contribution >= 0.6 is 0 Å². The number of hydrogen-bond acceptors (Lipinski definition) is 3. The molecule has 0 aliphatic carbocycles. The van der Waals surface area contributed by atoms with E-state index in [9.17, 15) is 9.59 Å². The highest BCUT2D eigenvalue weighted by atomic mass is 16.2. The number of para-hydroxylation sites is 1. The molecule has 0 radical (unpaired) electrons. The quantitative estimate of drug-likeness (QED) is 0.807. The van der Waals surface area contributed by atoms with Gasteiger partial charge in [0, 0.05) is 25.7 Å². The van der Waals surface area contributed by atoms with E-state index in [0.717, 1.165) is 11.4 Å². The molecule has 2 rings (SSSR count). The third-order valence-corrected chi connectivity index (χ3v) is 2.91. The highest BCUT2D eigenvalue weighted by Gasteiger charge is 2.12. The summed E-state index contributed by atoms with van der Waals surface area (Å²) < 4.78 is 1.72. The Hall–Kier alpha value is -2.63. The summed E-state index contributed by atoms with van der Waals surface area (Å²) in [6.07, 6.45) is 0. The van der Waals surface area contributed by atoms with Crippen molar-refractivity contribution in [2.45, 2.75) is 13.8 Å². The molecular formula is C15H18N4O2. The Balaban J connectivity index is 2.01. The van der Waals surface area contributed by atoms with Crippen LogP contribution in [-0.2, 0) is 4.79 Å². The molecule has 0 saturated carbocycles. The lowest BCUT2D eigenvalue weighted by Crippen LogP contribution is -2.33. The zero-order valence-corrected chi connectivity index (χ0v) is 12.1. The van der Waals surface area contributed by atoms with Crippen molar-refractivity contribution in [3.63, 3.8) is 0 Å². The lowest BCUT2D eigenvalue weighted by Gasteiger charge is -2.04. The number of rotatable bonds is 5. The Kier molecular flexibility index (Phi) is 4.71. The zero-order chi connectivity index (χ0) is 15.2. The van der Waals surface area contributed by atoms with Crippen molar-refractivity contribution in [1.29, 1.82) is 0 Å². The first-order chi connectivity index (χ1) is 10.1. The minimum Gasteiger partial charge on any atom is -0.355 e. The Bertz CT molecular complexity index is 634. The maximum absolute atomic E-state index is 12.0. The predicted octanol–water partition coefficient (Wildman–Crippen LogP) is 1.05. The van der Waals surface area contributed by atoms with E-state index in [4.69, 9.17) is 0 Å². The van der Waals surface area contributed by atoms with Gasteiger partial charge in [0.15, 0.2) is 5.69 Å². The molecule has 1 heterocycles. The molecular weight excluding hydrogens is 268 g/mol. The molecule has 0 aliphatic heterocycles. The van der Waals surface area contributed by atoms with Crippen molar-refractivity contribution in [2.24, 2.45) is 0 Å². The van der Waals surface area contributed by atoms with Gasteiger partial charge in [0.2, 0.25) is 5.91 Å². The first-order valence-corrected chi connectivity index (χ1v) is 6.72. The fraction of sp³-hybridized carbons (Fsp3) is 0.267. The van der Waals surface area contributed by atoms with Gasteiger partial charge in [0.05, 0.1) is 5.69 Å². The summed E-state index contributed by atoms with van der Waals surface area (Å²) in [6, 6.07) is 11.4. The topological polar surface area (TPSA) is 76.0 Å². The summed E-state index contributed by atoms with van der Waals surface area (Å²) in [6.45, 7) is 4.11. The second-order valence-corrected chi connectivity index (χ2v) is 4.66. The number of carbonyl (C=O) groups is 2. The van der Waals surface area contributed by atoms with Crippen LogP contribution in [0.1, 0.15) is 23.1 Å². The average Bonchev–Trinajstić information content (AvgIpc) is 2.86. The molecule has 0 aliphatic rings. The molecule has 0 saturated heterocycles. The average molecular weight is 286 g/mol. The minimum atomic E-state index is -0.252. The Morgan fingerprint density at radius 3 is 2.48 bits per heavy atom. The van der Waals surface area contributed by atoms with Crippen molar-refractivity contribution >= 4 is 11.8 Å². The molecule has 0 atom stereocenters. The largest absolute Gasteiger partial charge is 0.355 e. The van der Waals surface area contributed by atoms with E-state index in [1.807, 2.05) is 37.3 Å². The first-order valence-electron chi connectivity index (χ1n) is 6.72. The van der Waals surface area contributed by atoms with Crippen molar-refractivity contribution in [3.8, 4) is 5.69 Å². The third kappa shape index (κ3) is 3.92. The first kappa shape index (κ1) is 14.8. The number of nitrogens with zero attached hydrogens (tertiary/aromatic N) is 2. The fourth-order valence-electron chi connectivity index (χ4n) is 1.92. The van der Waals surface area contributed by atoms with Crippen molar-refractivity contribution < 1.29 is 9.59 Å². The maximum Gasteiger partial charge on any atom is 0.271 e. The van der Waals surface area contributed by atoms with E-state index in [-0.39, 0.29) is 11.8 Å². The van der Waals surface area contributed by atoms with E-state index < -0.39 is 0 Å². The molecule has 0 unspecified atom stereocenters. The monoisotopic (exact) mass is 286 g/mol. The molecule has 0 bridgehead atoms. The molecule has 1 aromatic heterocycles. The Morgan fingerprint density at radius 1 is 1.14 bits per heavy atom. The molecule has 2 amide bonds. The van der Waals surface area contributed by atoms with E-state index in [1.54, 1.807) is 10.7 Å². The summed E-state index contributed by atoms with van der Waals surface area (Å²) in [7, 11) is 0. The van der Waals surface area contributed by atoms with Gasteiger partial charge in [0.25, 0.3) is 5.91 Å². The van der Waals surface area contributed by atoms with E-state index in [0.29, 0.717) is 18.8 Å². The zero-order valence-electron chi connectivity index (χ0n) is 12.1. The summed E-state index contributed by atoms with van der Waals surface area (Å²) in [4.78, 5) is 22.7. The second-order valence-electron chi connectivity index (χ2n) is 4.66. The number of nitrogens with one attached hydrogen (secondary N) is 2. The molecule has 6 nitrogen and oxygen atoms in total. The number of aryl methyl sites for hydroxylation is 1. The maximum atomic E-state index is 12.0. The summed E-state index contributed by atoms with van der Waals surface area (Å²) in [5, 5.41) is 9.64. The molecule has 1 aromatic carbocycles. The highest BCUT2D eigenvalue weighted by molar-refractivity contribution is 5.92. The van der Waals surface area contributed by atoms with Crippen LogP contribution < -0.4 is 10.6 Å². The predicted molar refractivity (Wildman–Crippen MR) is 79.3 cm³/mol. The molecule has 21 heavy (non-hydrogen) atoms. The summed E-state index contributed by atoms with van der Waals surface area (Å²) in [5.41, 5.74) is 2.15. The molecule has 2 N–H and O–H groups in total. The van der Waals surface area contributed by atoms with Crippen molar-refractivity contribution in [1.82, 2.24) is 20.4 Å². The standard InChI is InChI=1S/C15H18N4O2/c1-11-10-14(15(21)17-9-8-16-12(2)20)18-19(11)13-6-4-3-5-7-13/h3-7,10H,8-9H2,1-2H3,(H,16,20)(H,17,21). The molecule has 6 heteroatoms. The highest BCUT2D eigenvalue weighted by Crippen LogP contribution is 2.11. The van der Waals surface area contributed by atoms with Crippen molar-refractivity contribution in [2.75, 3.05) is 13.1 Å². The number of amides is 2. The van der Waals surface area contributed by atoms with Crippen LogP contribution in [0.25, 0.3) is 5.69 Å². The minimum absolute atomic E-state index is 0.117. The Morgan fingerprint density at radius 2 is 1.81 bits per heavy atom. The van der Waals surface area contributed by atoms with E-state index in [2.05, 4.69) is 15.7 Å². The van der Waals surface area contributed by atoms with Crippen LogP contribution in [0.15, 0.2) is 36.4 Å². The van der Waals surface area contributed by atoms with Crippen LogP contribution in [0.3, 0.4) is 0 Å². The smallest absolute Gasteiger partial charge is 0.271 e. The normalized spacial score (nSPS) is 10.2. The van der Waals surface area contributed by atoms with Gasteiger partial charge in [-0.15, -0.1) is 0 Å². The van der Waals surface area contributed by atoms with Gasteiger partial charge < -0.3 is 10.6 Å². The summed E-state index contributed by atoms with van der Waals surface area (Å²) >= 11 is 0.